The molecule has 0 radical (unpaired) electrons. The van der Waals surface area contributed by atoms with Crippen LogP contribution in [-0.4, -0.2) is 32.4 Å². The highest BCUT2D eigenvalue weighted by molar-refractivity contribution is 5.29. The monoisotopic (exact) mass is 249 g/mol. The van der Waals surface area contributed by atoms with Crippen molar-refractivity contribution in [1.29, 1.82) is 0 Å². The first-order chi connectivity index (χ1) is 8.72. The number of likely N-dealkylation sites (N-methyl/N-ethyl adjacent to an activating group) is 1. The Morgan fingerprint density at radius 1 is 1.44 bits per heavy atom. The van der Waals surface area contributed by atoms with Crippen LogP contribution in [0.1, 0.15) is 25.3 Å². The summed E-state index contributed by atoms with van der Waals surface area (Å²) in [6.07, 6.45) is 4.02. The summed E-state index contributed by atoms with van der Waals surface area (Å²) < 4.78 is 11.2. The van der Waals surface area contributed by atoms with Gasteiger partial charge in [-0.3, -0.25) is 0 Å². The third kappa shape index (κ3) is 3.24. The molecule has 1 aromatic carbocycles. The van der Waals surface area contributed by atoms with Crippen LogP contribution in [0.4, 0.5) is 0 Å². The number of benzene rings is 1. The van der Waals surface area contributed by atoms with Gasteiger partial charge < -0.3 is 14.8 Å². The lowest BCUT2D eigenvalue weighted by atomic mass is 9.99. The molecule has 3 atom stereocenters. The van der Waals surface area contributed by atoms with Crippen LogP contribution < -0.4 is 10.1 Å². The van der Waals surface area contributed by atoms with Crippen LogP contribution in [-0.2, 0) is 11.2 Å². The van der Waals surface area contributed by atoms with Crippen LogP contribution >= 0.6 is 0 Å². The molecule has 3 nitrogen and oxygen atoms in total. The fraction of sp³-hybridized carbons (Fsp3) is 0.600. The molecule has 0 aliphatic carbocycles. The van der Waals surface area contributed by atoms with Crippen molar-refractivity contribution in [2.75, 3.05) is 14.2 Å². The van der Waals surface area contributed by atoms with Gasteiger partial charge in [0.1, 0.15) is 5.75 Å². The Morgan fingerprint density at radius 3 is 2.89 bits per heavy atom. The molecule has 2 rings (SSSR count). The minimum absolute atomic E-state index is 0.330. The number of hydrogen-bond donors (Lipinski definition) is 1. The van der Waals surface area contributed by atoms with Crippen molar-refractivity contribution in [3.8, 4) is 5.75 Å². The van der Waals surface area contributed by atoms with Crippen LogP contribution in [0, 0.1) is 0 Å². The predicted molar refractivity (Wildman–Crippen MR) is 73.1 cm³/mol. The highest BCUT2D eigenvalue weighted by Gasteiger charge is 2.28. The Morgan fingerprint density at radius 2 is 2.28 bits per heavy atom. The van der Waals surface area contributed by atoms with E-state index in [2.05, 4.69) is 24.4 Å². The maximum Gasteiger partial charge on any atom is 0.119 e. The quantitative estimate of drug-likeness (QED) is 0.869. The first kappa shape index (κ1) is 13.4. The lowest BCUT2D eigenvalue weighted by molar-refractivity contribution is 0.0337. The zero-order chi connectivity index (χ0) is 13.0. The van der Waals surface area contributed by atoms with E-state index < -0.39 is 0 Å². The number of nitrogens with one attached hydrogen (secondary N) is 1. The standard InChI is InChI=1S/C15H23NO2/c1-11-7-8-15(18-11)14(16-2)10-12-5-4-6-13(9-12)17-3/h4-6,9,11,14-16H,7-8,10H2,1-3H3. The highest BCUT2D eigenvalue weighted by Crippen LogP contribution is 2.24. The van der Waals surface area contributed by atoms with E-state index >= 15 is 0 Å². The average molecular weight is 249 g/mol. The molecule has 0 saturated carbocycles. The summed E-state index contributed by atoms with van der Waals surface area (Å²) in [5.41, 5.74) is 1.29. The van der Waals surface area contributed by atoms with Crippen molar-refractivity contribution in [1.82, 2.24) is 5.32 Å². The normalized spacial score (nSPS) is 25.1. The number of methoxy groups -OCH3 is 1. The zero-order valence-electron chi connectivity index (χ0n) is 11.5. The summed E-state index contributed by atoms with van der Waals surface area (Å²) in [7, 11) is 3.72. The van der Waals surface area contributed by atoms with Gasteiger partial charge in [-0.1, -0.05) is 12.1 Å². The van der Waals surface area contributed by atoms with Crippen molar-refractivity contribution in [2.24, 2.45) is 0 Å². The van der Waals surface area contributed by atoms with Gasteiger partial charge >= 0.3 is 0 Å². The SMILES string of the molecule is CNC(Cc1cccc(OC)c1)C1CCC(C)O1. The molecule has 1 fully saturated rings. The third-order valence-corrected chi connectivity index (χ3v) is 3.67. The molecule has 3 unspecified atom stereocenters. The first-order valence-electron chi connectivity index (χ1n) is 6.68. The number of rotatable bonds is 5. The maximum atomic E-state index is 5.95. The second kappa shape index (κ2) is 6.21. The summed E-state index contributed by atoms with van der Waals surface area (Å²) in [6, 6.07) is 8.64. The van der Waals surface area contributed by atoms with E-state index in [1.54, 1.807) is 7.11 Å². The van der Waals surface area contributed by atoms with Crippen LogP contribution in [0.15, 0.2) is 24.3 Å². The zero-order valence-corrected chi connectivity index (χ0v) is 11.5. The molecule has 3 heteroatoms. The molecule has 1 aliphatic heterocycles. The van der Waals surface area contributed by atoms with E-state index in [0.29, 0.717) is 18.2 Å². The van der Waals surface area contributed by atoms with Gasteiger partial charge in [-0.25, -0.2) is 0 Å². The Labute approximate surface area is 109 Å². The van der Waals surface area contributed by atoms with Crippen molar-refractivity contribution in [2.45, 2.75) is 44.4 Å². The van der Waals surface area contributed by atoms with E-state index in [1.165, 1.54) is 12.0 Å². The largest absolute Gasteiger partial charge is 0.497 e. The van der Waals surface area contributed by atoms with Crippen molar-refractivity contribution in [3.63, 3.8) is 0 Å². The van der Waals surface area contributed by atoms with Gasteiger partial charge in [0, 0.05) is 6.04 Å². The average Bonchev–Trinajstić information content (AvgIpc) is 2.82. The number of ether oxygens (including phenoxy) is 2. The fourth-order valence-electron chi connectivity index (χ4n) is 2.60. The van der Waals surface area contributed by atoms with Crippen molar-refractivity contribution in [3.05, 3.63) is 29.8 Å². The van der Waals surface area contributed by atoms with Gasteiger partial charge in [-0.15, -0.1) is 0 Å². The van der Waals surface area contributed by atoms with Crippen LogP contribution in [0.3, 0.4) is 0 Å². The fourth-order valence-corrected chi connectivity index (χ4v) is 2.60. The minimum Gasteiger partial charge on any atom is -0.497 e. The van der Waals surface area contributed by atoms with E-state index in [9.17, 15) is 0 Å². The van der Waals surface area contributed by atoms with Crippen LogP contribution in [0.25, 0.3) is 0 Å². The molecule has 1 aliphatic rings. The highest BCUT2D eigenvalue weighted by atomic mass is 16.5. The summed E-state index contributed by atoms with van der Waals surface area (Å²) in [5, 5.41) is 3.38. The Balaban J connectivity index is 2.01. The van der Waals surface area contributed by atoms with Crippen LogP contribution in [0.5, 0.6) is 5.75 Å². The van der Waals surface area contributed by atoms with E-state index in [1.807, 2.05) is 19.2 Å². The Bertz CT molecular complexity index is 381. The van der Waals surface area contributed by atoms with Gasteiger partial charge in [-0.05, 0) is 50.9 Å². The molecule has 1 heterocycles. The predicted octanol–water partition coefficient (Wildman–Crippen LogP) is 2.39. The maximum absolute atomic E-state index is 5.95. The molecular formula is C15H23NO2. The second-order valence-electron chi connectivity index (χ2n) is 5.01. The topological polar surface area (TPSA) is 30.5 Å². The summed E-state index contributed by atoms with van der Waals surface area (Å²) in [6.45, 7) is 2.15. The molecule has 1 N–H and O–H groups in total. The van der Waals surface area contributed by atoms with Gasteiger partial charge in [-0.2, -0.15) is 0 Å². The minimum atomic E-state index is 0.330. The molecule has 100 valence electrons. The van der Waals surface area contributed by atoms with Gasteiger partial charge in [0.25, 0.3) is 0 Å². The van der Waals surface area contributed by atoms with E-state index in [4.69, 9.17) is 9.47 Å². The smallest absolute Gasteiger partial charge is 0.119 e. The van der Waals surface area contributed by atoms with Gasteiger partial charge in [0.2, 0.25) is 0 Å². The molecule has 1 saturated heterocycles. The lowest BCUT2D eigenvalue weighted by Crippen LogP contribution is -2.39. The first-order valence-corrected chi connectivity index (χ1v) is 6.68. The lowest BCUT2D eigenvalue weighted by Gasteiger charge is -2.23. The molecule has 1 aromatic rings. The molecule has 18 heavy (non-hydrogen) atoms. The molecule has 0 bridgehead atoms. The molecular weight excluding hydrogens is 226 g/mol. The molecule has 0 amide bonds. The number of hydrogen-bond acceptors (Lipinski definition) is 3. The van der Waals surface area contributed by atoms with Crippen molar-refractivity contribution >= 4 is 0 Å². The summed E-state index contributed by atoms with van der Waals surface area (Å²) in [4.78, 5) is 0. The summed E-state index contributed by atoms with van der Waals surface area (Å²) in [5.74, 6) is 0.920. The van der Waals surface area contributed by atoms with Crippen LogP contribution in [0.2, 0.25) is 0 Å². The van der Waals surface area contributed by atoms with Gasteiger partial charge in [0.05, 0.1) is 19.3 Å². The third-order valence-electron chi connectivity index (χ3n) is 3.67. The Hall–Kier alpha value is -1.06. The summed E-state index contributed by atoms with van der Waals surface area (Å²) >= 11 is 0. The van der Waals surface area contributed by atoms with E-state index in [-0.39, 0.29) is 0 Å². The van der Waals surface area contributed by atoms with Gasteiger partial charge in [0.15, 0.2) is 0 Å². The van der Waals surface area contributed by atoms with E-state index in [0.717, 1.165) is 18.6 Å². The molecule has 0 aromatic heterocycles. The Kier molecular flexibility index (Phi) is 4.61. The van der Waals surface area contributed by atoms with Crippen molar-refractivity contribution < 1.29 is 9.47 Å². The second-order valence-corrected chi connectivity index (χ2v) is 5.01. The molecule has 0 spiro atoms.